The van der Waals surface area contributed by atoms with E-state index in [0.29, 0.717) is 13.1 Å². The molecule has 0 spiro atoms. The van der Waals surface area contributed by atoms with Crippen molar-refractivity contribution >= 4 is 57.4 Å². The van der Waals surface area contributed by atoms with Gasteiger partial charge in [-0.15, -0.1) is 0 Å². The summed E-state index contributed by atoms with van der Waals surface area (Å²) >= 11 is 0. The maximum absolute atomic E-state index is 13.7. The molecule has 6 N–H and O–H groups in total. The normalized spacial score (nSPS) is 21.5. The Hall–Kier alpha value is -6.32. The minimum Gasteiger partial charge on any atom is -0.453 e. The fourth-order valence-electron chi connectivity index (χ4n) is 9.84. The molecule has 0 aliphatic carbocycles. The minimum atomic E-state index is -0.685. The van der Waals surface area contributed by atoms with Gasteiger partial charge in [-0.3, -0.25) is 9.59 Å². The third-order valence-corrected chi connectivity index (χ3v) is 13.2. The maximum Gasteiger partial charge on any atom is 0.407 e. The van der Waals surface area contributed by atoms with Crippen LogP contribution < -0.4 is 21.3 Å². The van der Waals surface area contributed by atoms with E-state index < -0.39 is 24.3 Å². The number of imidazole rings is 2. The molecule has 3 aromatic carbocycles. The molecule has 0 saturated carbocycles. The molecular formula is C46H56N10O6. The highest BCUT2D eigenvalue weighted by molar-refractivity contribution is 5.88. The number of methoxy groups -OCH3 is 2. The molecule has 2 aromatic heterocycles. The van der Waals surface area contributed by atoms with Crippen molar-refractivity contribution in [2.45, 2.75) is 102 Å². The Balaban J connectivity index is 0.861. The smallest absolute Gasteiger partial charge is 0.407 e. The maximum atomic E-state index is 13.7. The summed E-state index contributed by atoms with van der Waals surface area (Å²) in [6.07, 6.45) is 3.75. The zero-order valence-corrected chi connectivity index (χ0v) is 36.1. The molecular weight excluding hydrogens is 789 g/mol. The van der Waals surface area contributed by atoms with Crippen molar-refractivity contribution in [2.75, 3.05) is 37.9 Å². The molecule has 16 nitrogen and oxygen atoms in total. The molecule has 0 bridgehead atoms. The number of hydrogen-bond acceptors (Lipinski definition) is 10. The monoisotopic (exact) mass is 844 g/mol. The molecule has 4 aliphatic heterocycles. The molecule has 9 rings (SSSR count). The summed E-state index contributed by atoms with van der Waals surface area (Å²) in [4.78, 5) is 72.1. The quantitative estimate of drug-likeness (QED) is 0.0856. The summed E-state index contributed by atoms with van der Waals surface area (Å²) in [5.74, 6) is 1.06. The van der Waals surface area contributed by atoms with Crippen LogP contribution in [0, 0.1) is 11.8 Å². The highest BCUT2D eigenvalue weighted by Crippen LogP contribution is 2.43. The van der Waals surface area contributed by atoms with Gasteiger partial charge in [0.05, 0.1) is 60.5 Å². The lowest BCUT2D eigenvalue weighted by Crippen LogP contribution is -2.51. The molecule has 5 aromatic rings. The predicted molar refractivity (Wildman–Crippen MR) is 234 cm³/mol. The van der Waals surface area contributed by atoms with Gasteiger partial charge in [-0.2, -0.15) is 0 Å². The van der Waals surface area contributed by atoms with Crippen molar-refractivity contribution in [3.8, 4) is 0 Å². The Morgan fingerprint density at radius 2 is 1.06 bits per heavy atom. The van der Waals surface area contributed by atoms with Gasteiger partial charge in [-0.25, -0.2) is 19.6 Å². The highest BCUT2D eigenvalue weighted by Gasteiger charge is 2.39. The Bertz CT molecular complexity index is 2340. The first-order chi connectivity index (χ1) is 29.9. The van der Waals surface area contributed by atoms with Crippen LogP contribution in [0.5, 0.6) is 0 Å². The molecule has 0 radical (unpaired) electrons. The van der Waals surface area contributed by atoms with Crippen LogP contribution in [0.3, 0.4) is 0 Å². The molecule has 4 unspecified atom stereocenters. The molecule has 16 heteroatoms. The number of carbonyl (C=O) groups is 4. The molecule has 4 aliphatic rings. The Morgan fingerprint density at radius 3 is 1.45 bits per heavy atom. The second kappa shape index (κ2) is 16.5. The topological polar surface area (TPSA) is 199 Å². The second-order valence-electron chi connectivity index (χ2n) is 17.9. The highest BCUT2D eigenvalue weighted by atomic mass is 16.5. The number of H-pyrrole nitrogens is 2. The molecule has 6 heterocycles. The first-order valence-corrected chi connectivity index (χ1v) is 21.9. The van der Waals surface area contributed by atoms with Crippen LogP contribution in [0.4, 0.5) is 21.0 Å². The molecule has 326 valence electrons. The number of nitrogens with one attached hydrogen (secondary N) is 6. The number of carbonyl (C=O) groups excluding carboxylic acids is 4. The lowest BCUT2D eigenvalue weighted by Gasteiger charge is -2.29. The van der Waals surface area contributed by atoms with Gasteiger partial charge < -0.3 is 50.5 Å². The molecule has 2 fully saturated rings. The SMILES string of the molecule is COC(=O)N[C@H](C(=O)N1CCCC1c1nc2ccc(C3Cc4cc5c(cc4N3)CC(c3ccc4nc(C6CCCN6C(=O)[C@H](NC(=O)OC)C(C)C)[nH]c4c3)N5)cc2[nH]1)C(C)C. The lowest BCUT2D eigenvalue weighted by molar-refractivity contribution is -0.136. The van der Waals surface area contributed by atoms with Gasteiger partial charge in [-0.1, -0.05) is 39.8 Å². The second-order valence-corrected chi connectivity index (χ2v) is 17.9. The first-order valence-electron chi connectivity index (χ1n) is 21.9. The number of amides is 4. The van der Waals surface area contributed by atoms with Crippen LogP contribution in [-0.4, -0.2) is 93.1 Å². The van der Waals surface area contributed by atoms with Crippen molar-refractivity contribution in [2.24, 2.45) is 11.8 Å². The van der Waals surface area contributed by atoms with Crippen molar-refractivity contribution < 1.29 is 28.7 Å². The third-order valence-electron chi connectivity index (χ3n) is 13.2. The van der Waals surface area contributed by atoms with Gasteiger partial charge >= 0.3 is 12.2 Å². The largest absolute Gasteiger partial charge is 0.453 e. The average Bonchev–Trinajstić information content (AvgIpc) is 4.12. The van der Waals surface area contributed by atoms with E-state index in [-0.39, 0.29) is 47.8 Å². The van der Waals surface area contributed by atoms with E-state index >= 15 is 0 Å². The van der Waals surface area contributed by atoms with Crippen LogP contribution in [0.1, 0.15) is 111 Å². The van der Waals surface area contributed by atoms with Gasteiger partial charge in [0, 0.05) is 24.5 Å². The fraction of sp³-hybridized carbons (Fsp3) is 0.478. The van der Waals surface area contributed by atoms with Crippen LogP contribution in [-0.2, 0) is 31.9 Å². The number of anilines is 2. The van der Waals surface area contributed by atoms with E-state index in [1.807, 2.05) is 49.6 Å². The van der Waals surface area contributed by atoms with Gasteiger partial charge in [0.15, 0.2) is 0 Å². The number of aromatic nitrogens is 4. The van der Waals surface area contributed by atoms with Crippen molar-refractivity contribution in [3.63, 3.8) is 0 Å². The van der Waals surface area contributed by atoms with E-state index in [1.54, 1.807) is 0 Å². The summed E-state index contributed by atoms with van der Waals surface area (Å²) in [7, 11) is 2.60. The van der Waals surface area contributed by atoms with E-state index in [9.17, 15) is 19.2 Å². The van der Waals surface area contributed by atoms with Crippen LogP contribution in [0.25, 0.3) is 22.1 Å². The van der Waals surface area contributed by atoms with Crippen LogP contribution in [0.15, 0.2) is 48.5 Å². The Morgan fingerprint density at radius 1 is 0.645 bits per heavy atom. The van der Waals surface area contributed by atoms with E-state index in [1.165, 1.54) is 25.3 Å². The van der Waals surface area contributed by atoms with Crippen molar-refractivity contribution in [3.05, 3.63) is 82.4 Å². The molecule has 4 amide bonds. The summed E-state index contributed by atoms with van der Waals surface area (Å²) in [6, 6.07) is 15.7. The van der Waals surface area contributed by atoms with Crippen molar-refractivity contribution in [1.82, 2.24) is 40.4 Å². The van der Waals surface area contributed by atoms with E-state index in [2.05, 4.69) is 67.6 Å². The Kier molecular flexibility index (Phi) is 10.9. The Labute approximate surface area is 360 Å². The van der Waals surface area contributed by atoms with Gasteiger partial charge in [0.25, 0.3) is 0 Å². The number of alkyl carbamates (subject to hydrolysis) is 2. The number of rotatable bonds is 10. The minimum absolute atomic E-state index is 0.101. The van der Waals surface area contributed by atoms with Gasteiger partial charge in [0.1, 0.15) is 23.7 Å². The average molecular weight is 845 g/mol. The third kappa shape index (κ3) is 7.64. The van der Waals surface area contributed by atoms with E-state index in [4.69, 9.17) is 19.4 Å². The summed E-state index contributed by atoms with van der Waals surface area (Å²) in [5, 5.41) is 13.0. The molecule has 6 atom stereocenters. The van der Waals surface area contributed by atoms with Gasteiger partial charge in [-0.05, 0) is 109 Å². The molecule has 2 saturated heterocycles. The summed E-state index contributed by atoms with van der Waals surface area (Å²) in [6.45, 7) is 8.86. The van der Waals surface area contributed by atoms with E-state index in [0.717, 1.165) is 94.7 Å². The standard InChI is InChI=1S/C46H56N10O6/c1-23(2)39(53-45(59)61-5)43(57)55-15-7-9-37(55)41-49-29-13-11-25(17-35(29)51-41)31-19-27-21-34-28(22-33(27)47-31)20-32(48-34)26-12-14-30-36(18-26)52-42(50-30)38-10-8-16-56(38)44(58)40(24(3)4)54-46(60)62-6/h11-14,17-18,21-24,31-32,37-40,47-48H,7-10,15-16,19-20H2,1-6H3,(H,49,51)(H,50,52)(H,53,59)(H,54,60)/t31?,32?,37?,38?,39-,40+. The number of benzene rings is 3. The summed E-state index contributed by atoms with van der Waals surface area (Å²) in [5.41, 5.74) is 10.7. The van der Waals surface area contributed by atoms with Crippen LogP contribution >= 0.6 is 0 Å². The lowest BCUT2D eigenvalue weighted by atomic mass is 10.00. The number of ether oxygens (including phenoxy) is 2. The van der Waals surface area contributed by atoms with Gasteiger partial charge in [0.2, 0.25) is 11.8 Å². The van der Waals surface area contributed by atoms with Crippen LogP contribution in [0.2, 0.25) is 0 Å². The number of nitrogens with zero attached hydrogens (tertiary/aromatic N) is 4. The molecule has 62 heavy (non-hydrogen) atoms. The number of hydrogen-bond donors (Lipinski definition) is 6. The number of aromatic amines is 2. The zero-order valence-electron chi connectivity index (χ0n) is 36.1. The number of fused-ring (bicyclic) bond motifs is 4. The fourth-order valence-corrected chi connectivity index (χ4v) is 9.84. The zero-order chi connectivity index (χ0) is 43.4. The predicted octanol–water partition coefficient (Wildman–Crippen LogP) is 6.95. The summed E-state index contributed by atoms with van der Waals surface area (Å²) < 4.78 is 9.58. The first kappa shape index (κ1) is 41.1. The van der Waals surface area contributed by atoms with Crippen molar-refractivity contribution in [1.29, 1.82) is 0 Å². The number of likely N-dealkylation sites (tertiary alicyclic amines) is 2.